The number of hydrogen-bond acceptors (Lipinski definition) is 0. The zero-order chi connectivity index (χ0) is 11.8. The monoisotopic (exact) mass is 222 g/mol. The molecule has 94 valence electrons. The van der Waals surface area contributed by atoms with E-state index in [4.69, 9.17) is 0 Å². The topological polar surface area (TPSA) is 0 Å². The Morgan fingerprint density at radius 2 is 1.94 bits per heavy atom. The Kier molecular flexibility index (Phi) is 3.66. The number of hydrogen-bond donors (Lipinski definition) is 0. The van der Waals surface area contributed by atoms with E-state index in [2.05, 4.69) is 27.7 Å². The Hall–Kier alpha value is 0. The summed E-state index contributed by atoms with van der Waals surface area (Å²) < 4.78 is 0. The van der Waals surface area contributed by atoms with Gasteiger partial charge in [0.05, 0.1) is 0 Å². The van der Waals surface area contributed by atoms with Crippen LogP contribution in [0.25, 0.3) is 0 Å². The lowest BCUT2D eigenvalue weighted by Crippen LogP contribution is -2.41. The first-order valence-corrected chi connectivity index (χ1v) is 7.51. The third kappa shape index (κ3) is 2.46. The molecule has 0 aromatic heterocycles. The van der Waals surface area contributed by atoms with Crippen LogP contribution in [0.3, 0.4) is 0 Å². The Morgan fingerprint density at radius 1 is 1.19 bits per heavy atom. The molecule has 0 saturated heterocycles. The molecular weight excluding hydrogens is 192 g/mol. The maximum Gasteiger partial charge on any atom is -0.0292 e. The molecule has 0 spiro atoms. The highest BCUT2D eigenvalue weighted by Crippen LogP contribution is 2.54. The van der Waals surface area contributed by atoms with Crippen LogP contribution >= 0.6 is 0 Å². The molecule has 2 rings (SSSR count). The molecule has 0 bridgehead atoms. The zero-order valence-electron chi connectivity index (χ0n) is 11.8. The molecule has 4 atom stereocenters. The van der Waals surface area contributed by atoms with Crippen molar-refractivity contribution in [1.82, 2.24) is 0 Å². The van der Waals surface area contributed by atoms with Crippen molar-refractivity contribution in [2.24, 2.45) is 29.1 Å². The van der Waals surface area contributed by atoms with Crippen LogP contribution in [0.15, 0.2) is 0 Å². The summed E-state index contributed by atoms with van der Waals surface area (Å²) in [5.41, 5.74) is 0.704. The fourth-order valence-corrected chi connectivity index (χ4v) is 4.83. The minimum absolute atomic E-state index is 0.704. The summed E-state index contributed by atoms with van der Waals surface area (Å²) in [5.74, 6) is 3.97. The summed E-state index contributed by atoms with van der Waals surface area (Å²) in [5, 5.41) is 0. The van der Waals surface area contributed by atoms with Crippen molar-refractivity contribution in [3.63, 3.8) is 0 Å². The van der Waals surface area contributed by atoms with Crippen LogP contribution in [-0.4, -0.2) is 0 Å². The van der Waals surface area contributed by atoms with Gasteiger partial charge in [-0.3, -0.25) is 0 Å². The van der Waals surface area contributed by atoms with Crippen molar-refractivity contribution in [2.75, 3.05) is 0 Å². The predicted molar refractivity (Wildman–Crippen MR) is 71.4 cm³/mol. The minimum atomic E-state index is 0.704. The molecule has 2 fully saturated rings. The summed E-state index contributed by atoms with van der Waals surface area (Å²) in [6.07, 6.45) is 10.5. The second-order valence-corrected chi connectivity index (χ2v) is 7.41. The standard InChI is InChI=1S/C16H30/c1-12(2)10-14-7-8-15-13(3)6-5-9-16(15,4)11-14/h12-15H,5-11H2,1-4H3/t13?,14?,15-,16+/m0/s1. The SMILES string of the molecule is CC(C)CC1CC[C@H]2C(C)CCC[C@]2(C)C1. The van der Waals surface area contributed by atoms with Gasteiger partial charge in [0.1, 0.15) is 0 Å². The van der Waals surface area contributed by atoms with Crippen molar-refractivity contribution in [3.8, 4) is 0 Å². The normalized spacial score (nSPS) is 44.4. The van der Waals surface area contributed by atoms with E-state index >= 15 is 0 Å². The van der Waals surface area contributed by atoms with Crippen LogP contribution in [-0.2, 0) is 0 Å². The van der Waals surface area contributed by atoms with Gasteiger partial charge in [-0.15, -0.1) is 0 Å². The van der Waals surface area contributed by atoms with Gasteiger partial charge in [0.15, 0.2) is 0 Å². The Labute approximate surface area is 102 Å². The third-order valence-electron chi connectivity index (χ3n) is 5.44. The van der Waals surface area contributed by atoms with E-state index in [9.17, 15) is 0 Å². The van der Waals surface area contributed by atoms with Gasteiger partial charge < -0.3 is 0 Å². The molecule has 2 aliphatic carbocycles. The molecule has 0 aliphatic heterocycles. The van der Waals surface area contributed by atoms with Gasteiger partial charge in [0.2, 0.25) is 0 Å². The van der Waals surface area contributed by atoms with E-state index in [-0.39, 0.29) is 0 Å². The lowest BCUT2D eigenvalue weighted by molar-refractivity contribution is -0.00564. The van der Waals surface area contributed by atoms with Crippen LogP contribution in [0, 0.1) is 29.1 Å². The highest BCUT2D eigenvalue weighted by atomic mass is 14.5. The summed E-state index contributed by atoms with van der Waals surface area (Å²) in [6.45, 7) is 9.88. The fraction of sp³-hybridized carbons (Fsp3) is 1.00. The molecule has 2 aliphatic rings. The lowest BCUT2D eigenvalue weighted by Gasteiger charge is -2.51. The first-order valence-electron chi connectivity index (χ1n) is 7.51. The van der Waals surface area contributed by atoms with E-state index in [0.717, 1.165) is 23.7 Å². The third-order valence-corrected chi connectivity index (χ3v) is 5.44. The molecule has 0 N–H and O–H groups in total. The molecule has 2 unspecified atom stereocenters. The number of fused-ring (bicyclic) bond motifs is 1. The van der Waals surface area contributed by atoms with Gasteiger partial charge in [-0.05, 0) is 54.8 Å². The van der Waals surface area contributed by atoms with Crippen LogP contribution in [0.2, 0.25) is 0 Å². The van der Waals surface area contributed by atoms with Gasteiger partial charge in [-0.25, -0.2) is 0 Å². The van der Waals surface area contributed by atoms with Crippen LogP contribution < -0.4 is 0 Å². The van der Waals surface area contributed by atoms with Crippen molar-refractivity contribution in [1.29, 1.82) is 0 Å². The molecular formula is C16H30. The van der Waals surface area contributed by atoms with Crippen LogP contribution in [0.1, 0.15) is 72.6 Å². The first-order chi connectivity index (χ1) is 7.51. The summed E-state index contributed by atoms with van der Waals surface area (Å²) in [7, 11) is 0. The minimum Gasteiger partial charge on any atom is -0.0628 e. The molecule has 0 aromatic rings. The maximum absolute atomic E-state index is 2.60. The van der Waals surface area contributed by atoms with E-state index in [0.29, 0.717) is 5.41 Å². The van der Waals surface area contributed by atoms with E-state index in [1.54, 1.807) is 0 Å². The fourth-order valence-electron chi connectivity index (χ4n) is 4.83. The van der Waals surface area contributed by atoms with Crippen molar-refractivity contribution >= 4 is 0 Å². The van der Waals surface area contributed by atoms with Crippen LogP contribution in [0.4, 0.5) is 0 Å². The highest BCUT2D eigenvalue weighted by Gasteiger charge is 2.44. The van der Waals surface area contributed by atoms with Gasteiger partial charge in [0.25, 0.3) is 0 Å². The summed E-state index contributed by atoms with van der Waals surface area (Å²) in [6, 6.07) is 0. The smallest absolute Gasteiger partial charge is 0.0292 e. The van der Waals surface area contributed by atoms with Crippen molar-refractivity contribution in [3.05, 3.63) is 0 Å². The summed E-state index contributed by atoms with van der Waals surface area (Å²) >= 11 is 0. The molecule has 16 heavy (non-hydrogen) atoms. The van der Waals surface area contributed by atoms with Crippen LogP contribution in [0.5, 0.6) is 0 Å². The molecule has 0 heteroatoms. The molecule has 0 heterocycles. The lowest BCUT2D eigenvalue weighted by atomic mass is 9.54. The summed E-state index contributed by atoms with van der Waals surface area (Å²) in [4.78, 5) is 0. The van der Waals surface area contributed by atoms with E-state index in [1.807, 2.05) is 0 Å². The van der Waals surface area contributed by atoms with Crippen molar-refractivity contribution < 1.29 is 0 Å². The predicted octanol–water partition coefficient (Wildman–Crippen LogP) is 5.28. The molecule has 0 amide bonds. The Bertz CT molecular complexity index is 230. The average Bonchev–Trinajstić information content (AvgIpc) is 2.15. The number of rotatable bonds is 2. The quantitative estimate of drug-likeness (QED) is 0.596. The van der Waals surface area contributed by atoms with Gasteiger partial charge >= 0.3 is 0 Å². The molecule has 2 saturated carbocycles. The van der Waals surface area contributed by atoms with Gasteiger partial charge in [0, 0.05) is 0 Å². The molecule has 0 nitrogen and oxygen atoms in total. The van der Waals surface area contributed by atoms with E-state index < -0.39 is 0 Å². The van der Waals surface area contributed by atoms with Crippen molar-refractivity contribution in [2.45, 2.75) is 72.6 Å². The Morgan fingerprint density at radius 3 is 2.62 bits per heavy atom. The second kappa shape index (κ2) is 4.70. The molecule has 0 radical (unpaired) electrons. The largest absolute Gasteiger partial charge is 0.0628 e. The second-order valence-electron chi connectivity index (χ2n) is 7.41. The average molecular weight is 222 g/mol. The highest BCUT2D eigenvalue weighted by molar-refractivity contribution is 4.94. The van der Waals surface area contributed by atoms with E-state index in [1.165, 1.54) is 44.9 Å². The maximum atomic E-state index is 2.60. The zero-order valence-corrected chi connectivity index (χ0v) is 11.8. The van der Waals surface area contributed by atoms with Gasteiger partial charge in [-0.1, -0.05) is 47.0 Å². The Balaban J connectivity index is 2.00. The molecule has 0 aromatic carbocycles. The van der Waals surface area contributed by atoms with Gasteiger partial charge in [-0.2, -0.15) is 0 Å². The first kappa shape index (κ1) is 12.5.